The summed E-state index contributed by atoms with van der Waals surface area (Å²) in [6, 6.07) is 22.3. The quantitative estimate of drug-likeness (QED) is 0.661. The Labute approximate surface area is 152 Å². The summed E-state index contributed by atoms with van der Waals surface area (Å²) < 4.78 is 5.74. The number of amides is 1. The van der Waals surface area contributed by atoms with E-state index in [1.807, 2.05) is 43.3 Å². The van der Waals surface area contributed by atoms with Crippen molar-refractivity contribution >= 4 is 23.2 Å². The fraction of sp³-hybridized carbons (Fsp3) is 0.0952. The van der Waals surface area contributed by atoms with Gasteiger partial charge in [-0.3, -0.25) is 4.79 Å². The van der Waals surface area contributed by atoms with Gasteiger partial charge >= 0.3 is 0 Å². The van der Waals surface area contributed by atoms with Crippen molar-refractivity contribution in [1.29, 1.82) is 0 Å². The summed E-state index contributed by atoms with van der Waals surface area (Å²) in [5.41, 5.74) is 3.45. The van der Waals surface area contributed by atoms with Crippen LogP contribution in [0.1, 0.15) is 21.5 Å². The van der Waals surface area contributed by atoms with E-state index in [1.165, 1.54) is 5.56 Å². The predicted octanol–water partition coefficient (Wildman–Crippen LogP) is 5.48. The number of ether oxygens (including phenoxy) is 1. The van der Waals surface area contributed by atoms with Gasteiger partial charge in [0.05, 0.1) is 0 Å². The zero-order valence-corrected chi connectivity index (χ0v) is 14.6. The maximum Gasteiger partial charge on any atom is 0.255 e. The largest absolute Gasteiger partial charge is 0.489 e. The molecule has 3 nitrogen and oxygen atoms in total. The molecule has 0 saturated carbocycles. The molecule has 0 saturated heterocycles. The third-order valence-corrected chi connectivity index (χ3v) is 3.96. The normalized spacial score (nSPS) is 10.3. The minimum Gasteiger partial charge on any atom is -0.489 e. The molecule has 3 rings (SSSR count). The molecule has 126 valence electrons. The van der Waals surface area contributed by atoms with Crippen molar-refractivity contribution in [1.82, 2.24) is 0 Å². The Hall–Kier alpha value is -2.78. The molecular formula is C21H18ClNO2. The highest BCUT2D eigenvalue weighted by atomic mass is 35.5. The second-order valence-electron chi connectivity index (χ2n) is 5.76. The summed E-state index contributed by atoms with van der Waals surface area (Å²) in [5.74, 6) is 0.654. The van der Waals surface area contributed by atoms with Gasteiger partial charge in [0.2, 0.25) is 0 Å². The zero-order valence-electron chi connectivity index (χ0n) is 13.8. The monoisotopic (exact) mass is 351 g/mol. The van der Waals surface area contributed by atoms with Gasteiger partial charge in [-0.15, -0.1) is 0 Å². The van der Waals surface area contributed by atoms with Gasteiger partial charge in [0.25, 0.3) is 5.91 Å². The number of carbonyl (C=O) groups excluding carboxylic acids is 1. The van der Waals surface area contributed by atoms with Crippen LogP contribution in [0.3, 0.4) is 0 Å². The van der Waals surface area contributed by atoms with Crippen LogP contribution in [0.4, 0.5) is 5.69 Å². The molecule has 0 unspecified atom stereocenters. The van der Waals surface area contributed by atoms with Gasteiger partial charge in [-0.2, -0.15) is 0 Å². The van der Waals surface area contributed by atoms with E-state index in [0.29, 0.717) is 22.9 Å². The van der Waals surface area contributed by atoms with Gasteiger partial charge in [0, 0.05) is 16.3 Å². The minimum atomic E-state index is -0.173. The van der Waals surface area contributed by atoms with Crippen LogP contribution < -0.4 is 10.1 Å². The van der Waals surface area contributed by atoms with Gasteiger partial charge in [0.1, 0.15) is 12.4 Å². The number of benzene rings is 3. The predicted molar refractivity (Wildman–Crippen MR) is 101 cm³/mol. The maximum atomic E-state index is 12.3. The highest BCUT2D eigenvalue weighted by Crippen LogP contribution is 2.17. The average Bonchev–Trinajstić information content (AvgIpc) is 2.62. The smallest absolute Gasteiger partial charge is 0.255 e. The van der Waals surface area contributed by atoms with Crippen LogP contribution in [0.15, 0.2) is 72.8 Å². The van der Waals surface area contributed by atoms with E-state index in [4.69, 9.17) is 16.3 Å². The molecule has 25 heavy (non-hydrogen) atoms. The van der Waals surface area contributed by atoms with Crippen LogP contribution in [-0.2, 0) is 6.61 Å². The first-order valence-corrected chi connectivity index (χ1v) is 8.33. The lowest BCUT2D eigenvalue weighted by Crippen LogP contribution is -2.11. The second-order valence-corrected chi connectivity index (χ2v) is 6.20. The summed E-state index contributed by atoms with van der Waals surface area (Å²) in [4.78, 5) is 12.3. The van der Waals surface area contributed by atoms with Gasteiger partial charge in [-0.25, -0.2) is 0 Å². The summed E-state index contributed by atoms with van der Waals surface area (Å²) in [6.45, 7) is 2.50. The Balaban J connectivity index is 1.59. The summed E-state index contributed by atoms with van der Waals surface area (Å²) in [7, 11) is 0. The molecule has 0 fully saturated rings. The molecule has 3 aromatic rings. The third kappa shape index (κ3) is 4.85. The molecule has 0 radical (unpaired) electrons. The van der Waals surface area contributed by atoms with Crippen molar-refractivity contribution in [2.75, 3.05) is 5.32 Å². The van der Waals surface area contributed by atoms with Crippen molar-refractivity contribution in [2.24, 2.45) is 0 Å². The van der Waals surface area contributed by atoms with Crippen LogP contribution in [-0.4, -0.2) is 5.91 Å². The van der Waals surface area contributed by atoms with E-state index in [2.05, 4.69) is 5.32 Å². The van der Waals surface area contributed by atoms with E-state index in [9.17, 15) is 4.79 Å². The first-order chi connectivity index (χ1) is 12.1. The Bertz CT molecular complexity index is 858. The number of nitrogens with one attached hydrogen (secondary N) is 1. The minimum absolute atomic E-state index is 0.173. The summed E-state index contributed by atoms with van der Waals surface area (Å²) in [6.07, 6.45) is 0. The number of rotatable bonds is 5. The molecule has 0 aromatic heterocycles. The highest BCUT2D eigenvalue weighted by Gasteiger charge is 2.06. The Morgan fingerprint density at radius 3 is 2.40 bits per heavy atom. The van der Waals surface area contributed by atoms with E-state index in [-0.39, 0.29) is 5.91 Å². The molecule has 0 bridgehead atoms. The molecule has 1 N–H and O–H groups in total. The molecule has 0 heterocycles. The number of carbonyl (C=O) groups is 1. The molecule has 0 aliphatic heterocycles. The van der Waals surface area contributed by atoms with Crippen molar-refractivity contribution in [3.63, 3.8) is 0 Å². The van der Waals surface area contributed by atoms with E-state index >= 15 is 0 Å². The number of hydrogen-bond donors (Lipinski definition) is 1. The fourth-order valence-electron chi connectivity index (χ4n) is 2.32. The second kappa shape index (κ2) is 7.86. The van der Waals surface area contributed by atoms with Gasteiger partial charge in [-0.05, 0) is 55.0 Å². The topological polar surface area (TPSA) is 38.3 Å². The molecule has 0 atom stereocenters. The third-order valence-electron chi connectivity index (χ3n) is 3.73. The van der Waals surface area contributed by atoms with Gasteiger partial charge < -0.3 is 10.1 Å². The molecular weight excluding hydrogens is 334 g/mol. The molecule has 0 aliphatic rings. The molecule has 0 spiro atoms. The SMILES string of the molecule is Cc1ccc(OCc2ccc(C(=O)Nc3cccc(Cl)c3)cc2)cc1. The summed E-state index contributed by atoms with van der Waals surface area (Å²) >= 11 is 5.92. The Kier molecular flexibility index (Phi) is 5.36. The van der Waals surface area contributed by atoms with Crippen LogP contribution in [0.5, 0.6) is 5.75 Å². The van der Waals surface area contributed by atoms with E-state index < -0.39 is 0 Å². The first kappa shape index (κ1) is 17.1. The fourth-order valence-corrected chi connectivity index (χ4v) is 2.51. The van der Waals surface area contributed by atoms with E-state index in [0.717, 1.165) is 11.3 Å². The number of anilines is 1. The van der Waals surface area contributed by atoms with Crippen LogP contribution in [0.2, 0.25) is 5.02 Å². The first-order valence-electron chi connectivity index (χ1n) is 7.95. The standard InChI is InChI=1S/C21H18ClNO2/c1-15-5-11-20(12-6-15)25-14-16-7-9-17(10-8-16)21(24)23-19-4-2-3-18(22)13-19/h2-13H,14H2,1H3,(H,23,24). The van der Waals surface area contributed by atoms with Gasteiger partial charge in [0.15, 0.2) is 0 Å². The lowest BCUT2D eigenvalue weighted by atomic mass is 10.1. The van der Waals surface area contributed by atoms with Crippen molar-refractivity contribution in [3.8, 4) is 5.75 Å². The number of hydrogen-bond acceptors (Lipinski definition) is 2. The molecule has 1 amide bonds. The summed E-state index contributed by atoms with van der Waals surface area (Å²) in [5, 5.41) is 3.41. The maximum absolute atomic E-state index is 12.3. The number of aryl methyl sites for hydroxylation is 1. The average molecular weight is 352 g/mol. The van der Waals surface area contributed by atoms with Crippen LogP contribution in [0, 0.1) is 6.92 Å². The molecule has 4 heteroatoms. The molecule has 0 aliphatic carbocycles. The molecule has 3 aromatic carbocycles. The van der Waals surface area contributed by atoms with Crippen LogP contribution >= 0.6 is 11.6 Å². The van der Waals surface area contributed by atoms with E-state index in [1.54, 1.807) is 36.4 Å². The van der Waals surface area contributed by atoms with Crippen LogP contribution in [0.25, 0.3) is 0 Å². The highest BCUT2D eigenvalue weighted by molar-refractivity contribution is 6.30. The lowest BCUT2D eigenvalue weighted by Gasteiger charge is -2.08. The van der Waals surface area contributed by atoms with Crippen molar-refractivity contribution in [2.45, 2.75) is 13.5 Å². The lowest BCUT2D eigenvalue weighted by molar-refractivity contribution is 0.102. The zero-order chi connectivity index (χ0) is 17.6. The van der Waals surface area contributed by atoms with Crippen molar-refractivity contribution in [3.05, 3.63) is 94.5 Å². The number of halogens is 1. The Morgan fingerprint density at radius 2 is 1.72 bits per heavy atom. The van der Waals surface area contributed by atoms with Crippen molar-refractivity contribution < 1.29 is 9.53 Å². The Morgan fingerprint density at radius 1 is 1.00 bits per heavy atom. The van der Waals surface area contributed by atoms with Gasteiger partial charge in [-0.1, -0.05) is 47.5 Å².